The van der Waals surface area contributed by atoms with Gasteiger partial charge in [-0.1, -0.05) is 12.1 Å². The third-order valence-corrected chi connectivity index (χ3v) is 4.07. The van der Waals surface area contributed by atoms with Crippen LogP contribution in [0.25, 0.3) is 0 Å². The third-order valence-electron chi connectivity index (χ3n) is 3.41. The van der Waals surface area contributed by atoms with Crippen LogP contribution in [-0.2, 0) is 4.79 Å². The Balaban J connectivity index is 0.00000220. The van der Waals surface area contributed by atoms with Crippen LogP contribution in [0.3, 0.4) is 0 Å². The SMILES string of the molecule is CC1CC(NC(=O)CCOc2ccccc2Br)CCN1.Cl. The summed E-state index contributed by atoms with van der Waals surface area (Å²) < 4.78 is 6.51. The Morgan fingerprint density at radius 1 is 1.48 bits per heavy atom. The minimum absolute atomic E-state index is 0. The van der Waals surface area contributed by atoms with Crippen LogP contribution in [0.15, 0.2) is 28.7 Å². The molecule has 1 aliphatic rings. The second-order valence-corrected chi connectivity index (χ2v) is 6.03. The van der Waals surface area contributed by atoms with Gasteiger partial charge in [-0.05, 0) is 54.4 Å². The molecular weight excluding hydrogens is 356 g/mol. The molecule has 6 heteroatoms. The number of halogens is 2. The molecule has 2 unspecified atom stereocenters. The Hall–Kier alpha value is -0.780. The molecule has 2 rings (SSSR count). The number of amides is 1. The fourth-order valence-electron chi connectivity index (χ4n) is 2.38. The number of hydrogen-bond donors (Lipinski definition) is 2. The maximum atomic E-state index is 11.9. The molecule has 0 spiro atoms. The topological polar surface area (TPSA) is 50.4 Å². The van der Waals surface area contributed by atoms with Gasteiger partial charge in [-0.15, -0.1) is 12.4 Å². The summed E-state index contributed by atoms with van der Waals surface area (Å²) in [6, 6.07) is 8.42. The van der Waals surface area contributed by atoms with Crippen LogP contribution in [0.1, 0.15) is 26.2 Å². The monoisotopic (exact) mass is 376 g/mol. The Morgan fingerprint density at radius 3 is 2.95 bits per heavy atom. The highest BCUT2D eigenvalue weighted by atomic mass is 79.9. The first kappa shape index (κ1) is 18.3. The number of para-hydroxylation sites is 1. The lowest BCUT2D eigenvalue weighted by atomic mass is 10.0. The lowest BCUT2D eigenvalue weighted by Crippen LogP contribution is -2.46. The van der Waals surface area contributed by atoms with Gasteiger partial charge < -0.3 is 15.4 Å². The van der Waals surface area contributed by atoms with Crippen LogP contribution in [0.4, 0.5) is 0 Å². The minimum Gasteiger partial charge on any atom is -0.492 e. The fourth-order valence-corrected chi connectivity index (χ4v) is 2.78. The lowest BCUT2D eigenvalue weighted by molar-refractivity contribution is -0.122. The van der Waals surface area contributed by atoms with E-state index in [0.29, 0.717) is 25.1 Å². The fraction of sp³-hybridized carbons (Fsp3) is 0.533. The predicted octanol–water partition coefficient (Wildman–Crippen LogP) is 2.90. The summed E-state index contributed by atoms with van der Waals surface area (Å²) in [4.78, 5) is 11.9. The van der Waals surface area contributed by atoms with E-state index >= 15 is 0 Å². The number of benzene rings is 1. The molecule has 1 aliphatic heterocycles. The molecule has 118 valence electrons. The first-order valence-electron chi connectivity index (χ1n) is 7.05. The van der Waals surface area contributed by atoms with Crippen molar-refractivity contribution in [3.63, 3.8) is 0 Å². The molecule has 1 aromatic rings. The van der Waals surface area contributed by atoms with Crippen LogP contribution in [0, 0.1) is 0 Å². The minimum atomic E-state index is 0. The largest absolute Gasteiger partial charge is 0.492 e. The van der Waals surface area contributed by atoms with Gasteiger partial charge in [-0.25, -0.2) is 0 Å². The van der Waals surface area contributed by atoms with E-state index in [4.69, 9.17) is 4.74 Å². The highest BCUT2D eigenvalue weighted by Crippen LogP contribution is 2.23. The van der Waals surface area contributed by atoms with E-state index in [2.05, 4.69) is 33.5 Å². The standard InChI is InChI=1S/C15H21BrN2O2.ClH/c1-11-10-12(6-8-17-11)18-15(19)7-9-20-14-5-3-2-4-13(14)16;/h2-5,11-12,17H,6-10H2,1H3,(H,18,19);1H. The van der Waals surface area contributed by atoms with Crippen molar-refractivity contribution in [1.29, 1.82) is 0 Å². The zero-order valence-corrected chi connectivity index (χ0v) is 14.5. The average Bonchev–Trinajstić information content (AvgIpc) is 2.41. The number of carbonyl (C=O) groups is 1. The molecule has 2 atom stereocenters. The van der Waals surface area contributed by atoms with Crippen LogP contribution >= 0.6 is 28.3 Å². The lowest BCUT2D eigenvalue weighted by Gasteiger charge is -2.28. The summed E-state index contributed by atoms with van der Waals surface area (Å²) >= 11 is 3.42. The maximum Gasteiger partial charge on any atom is 0.223 e. The van der Waals surface area contributed by atoms with E-state index in [0.717, 1.165) is 29.6 Å². The summed E-state index contributed by atoms with van der Waals surface area (Å²) in [6.07, 6.45) is 2.39. The predicted molar refractivity (Wildman–Crippen MR) is 90.1 cm³/mol. The smallest absolute Gasteiger partial charge is 0.223 e. The van der Waals surface area contributed by atoms with Gasteiger partial charge in [-0.2, -0.15) is 0 Å². The Morgan fingerprint density at radius 2 is 2.24 bits per heavy atom. The zero-order chi connectivity index (χ0) is 14.4. The summed E-state index contributed by atoms with van der Waals surface area (Å²) in [6.45, 7) is 3.52. The Bertz CT molecular complexity index is 459. The molecule has 0 saturated carbocycles. The van der Waals surface area contributed by atoms with E-state index in [-0.39, 0.29) is 18.3 Å². The molecule has 0 aromatic heterocycles. The molecule has 21 heavy (non-hydrogen) atoms. The quantitative estimate of drug-likeness (QED) is 0.829. The van der Waals surface area contributed by atoms with E-state index < -0.39 is 0 Å². The van der Waals surface area contributed by atoms with Crippen molar-refractivity contribution >= 4 is 34.2 Å². The summed E-state index contributed by atoms with van der Waals surface area (Å²) in [5.74, 6) is 0.840. The molecule has 2 N–H and O–H groups in total. The van der Waals surface area contributed by atoms with Crippen LogP contribution in [0.5, 0.6) is 5.75 Å². The normalized spacial score (nSPS) is 21.2. The molecule has 1 fully saturated rings. The van der Waals surface area contributed by atoms with Gasteiger partial charge in [-0.3, -0.25) is 4.79 Å². The number of rotatable bonds is 5. The van der Waals surface area contributed by atoms with Gasteiger partial charge in [0.05, 0.1) is 17.5 Å². The van der Waals surface area contributed by atoms with Gasteiger partial charge in [0.15, 0.2) is 0 Å². The van der Waals surface area contributed by atoms with E-state index in [1.165, 1.54) is 0 Å². The van der Waals surface area contributed by atoms with Crippen molar-refractivity contribution in [1.82, 2.24) is 10.6 Å². The number of hydrogen-bond acceptors (Lipinski definition) is 3. The van der Waals surface area contributed by atoms with Crippen molar-refractivity contribution in [2.24, 2.45) is 0 Å². The van der Waals surface area contributed by atoms with Gasteiger partial charge >= 0.3 is 0 Å². The summed E-state index contributed by atoms with van der Waals surface area (Å²) in [5, 5.41) is 6.45. The van der Waals surface area contributed by atoms with Crippen molar-refractivity contribution in [3.05, 3.63) is 28.7 Å². The number of carbonyl (C=O) groups excluding carboxylic acids is 1. The highest BCUT2D eigenvalue weighted by Gasteiger charge is 2.19. The molecule has 1 heterocycles. The second kappa shape index (κ2) is 9.28. The summed E-state index contributed by atoms with van der Waals surface area (Å²) in [7, 11) is 0. The van der Waals surface area contributed by atoms with Gasteiger partial charge in [0.1, 0.15) is 5.75 Å². The maximum absolute atomic E-state index is 11.9. The van der Waals surface area contributed by atoms with Crippen LogP contribution in [-0.4, -0.2) is 31.1 Å². The zero-order valence-electron chi connectivity index (χ0n) is 12.1. The number of piperidine rings is 1. The molecule has 1 aromatic carbocycles. The highest BCUT2D eigenvalue weighted by molar-refractivity contribution is 9.10. The van der Waals surface area contributed by atoms with Crippen molar-refractivity contribution in [2.45, 2.75) is 38.3 Å². The molecule has 0 aliphatic carbocycles. The number of nitrogens with one attached hydrogen (secondary N) is 2. The molecule has 4 nitrogen and oxygen atoms in total. The first-order valence-corrected chi connectivity index (χ1v) is 7.84. The van der Waals surface area contributed by atoms with E-state index in [9.17, 15) is 4.79 Å². The average molecular weight is 378 g/mol. The van der Waals surface area contributed by atoms with Crippen molar-refractivity contribution in [3.8, 4) is 5.75 Å². The third kappa shape index (κ3) is 6.24. The summed E-state index contributed by atoms with van der Waals surface area (Å²) in [5.41, 5.74) is 0. The Labute approximate surface area is 140 Å². The van der Waals surface area contributed by atoms with Crippen LogP contribution < -0.4 is 15.4 Å². The van der Waals surface area contributed by atoms with Crippen molar-refractivity contribution < 1.29 is 9.53 Å². The first-order chi connectivity index (χ1) is 9.65. The van der Waals surface area contributed by atoms with Gasteiger partial charge in [0.2, 0.25) is 5.91 Å². The van der Waals surface area contributed by atoms with Gasteiger partial charge in [0, 0.05) is 12.1 Å². The molecule has 0 radical (unpaired) electrons. The molecule has 1 amide bonds. The molecule has 0 bridgehead atoms. The van der Waals surface area contributed by atoms with E-state index in [1.54, 1.807) is 0 Å². The Kier molecular flexibility index (Phi) is 8.07. The van der Waals surface area contributed by atoms with Crippen LogP contribution in [0.2, 0.25) is 0 Å². The van der Waals surface area contributed by atoms with E-state index in [1.807, 2.05) is 24.3 Å². The second-order valence-electron chi connectivity index (χ2n) is 5.17. The van der Waals surface area contributed by atoms with Crippen molar-refractivity contribution in [2.75, 3.05) is 13.2 Å². The molecule has 1 saturated heterocycles. The van der Waals surface area contributed by atoms with Gasteiger partial charge in [0.25, 0.3) is 0 Å². The molecular formula is C15H22BrClN2O2. The number of ether oxygens (including phenoxy) is 1.